The first kappa shape index (κ1) is 123. The maximum Gasteiger partial charge on any atom is 0.249 e. The summed E-state index contributed by atoms with van der Waals surface area (Å²) in [4.78, 5) is 137. The topological polar surface area (TPSA) is 428 Å². The first-order valence-corrected chi connectivity index (χ1v) is 44.2. The van der Waals surface area contributed by atoms with Crippen LogP contribution in [0.2, 0.25) is 0 Å². The summed E-state index contributed by atoms with van der Waals surface area (Å²) < 4.78 is 120. The van der Waals surface area contributed by atoms with E-state index in [1.165, 1.54) is 16.9 Å². The minimum atomic E-state index is -0.383. The van der Waals surface area contributed by atoms with Crippen molar-refractivity contribution in [2.75, 3.05) is 314 Å². The third-order valence-electron chi connectivity index (χ3n) is 17.8. The number of rotatable bonds is 79. The highest BCUT2D eigenvalue weighted by Crippen LogP contribution is 2.22. The highest BCUT2D eigenvalue weighted by atomic mass is 16.6. The van der Waals surface area contributed by atoms with Crippen molar-refractivity contribution in [3.8, 4) is 0 Å². The molecule has 3 fully saturated rings. The summed E-state index contributed by atoms with van der Waals surface area (Å²) in [5.74, 6) is -3.16. The van der Waals surface area contributed by atoms with Gasteiger partial charge in [0.1, 0.15) is 42.6 Å². The van der Waals surface area contributed by atoms with E-state index in [9.17, 15) is 52.7 Å². The Bertz CT molecular complexity index is 2680. The number of nitrogens with zero attached hydrogens (tertiary/aromatic N) is 4. The largest absolute Gasteiger partial charge is 0.382 e. The van der Waals surface area contributed by atoms with Crippen LogP contribution < -0.4 is 10.6 Å². The van der Waals surface area contributed by atoms with Gasteiger partial charge in [0.15, 0.2) is 0 Å². The zero-order chi connectivity index (χ0) is 93.7. The number of carbonyl (C=O) groups excluding carboxylic acids is 11. The fourth-order valence-electron chi connectivity index (χ4n) is 11.1. The lowest BCUT2D eigenvalue weighted by molar-refractivity contribution is -0.141. The summed E-state index contributed by atoms with van der Waals surface area (Å²) in [5.41, 5.74) is 0. The van der Waals surface area contributed by atoms with Gasteiger partial charge in [-0.1, -0.05) is 62.3 Å². The van der Waals surface area contributed by atoms with Gasteiger partial charge in [0.25, 0.3) is 0 Å². The smallest absolute Gasteiger partial charge is 0.249 e. The molecule has 0 aromatic carbocycles. The number of unbranched alkanes of at least 4 members (excludes halogenated alkanes) is 1. The van der Waals surface area contributed by atoms with Gasteiger partial charge >= 0.3 is 0 Å². The quantitative estimate of drug-likeness (QED) is 0.0645. The van der Waals surface area contributed by atoms with Crippen molar-refractivity contribution in [1.82, 2.24) is 30.2 Å². The summed E-state index contributed by atoms with van der Waals surface area (Å²) in [5, 5.41) is 5.51. The number of imide groups is 3. The van der Waals surface area contributed by atoms with Crippen molar-refractivity contribution in [2.24, 2.45) is 17.8 Å². The third kappa shape index (κ3) is 68.1. The lowest BCUT2D eigenvalue weighted by Gasteiger charge is -2.22. The Morgan fingerprint density at radius 2 is 0.600 bits per heavy atom. The van der Waals surface area contributed by atoms with Gasteiger partial charge in [0, 0.05) is 178 Å². The number of amides is 9. The predicted molar refractivity (Wildman–Crippen MR) is 462 cm³/mol. The number of likely N-dealkylation sites (tertiary alicyclic amines) is 3. The minimum Gasteiger partial charge on any atom is -0.382 e. The molecule has 0 bridgehead atoms. The van der Waals surface area contributed by atoms with Gasteiger partial charge < -0.3 is 120 Å². The second-order valence-corrected chi connectivity index (χ2v) is 27.9. The number of ether oxygens (including phenoxy) is 22. The molecule has 3 aliphatic rings. The molecule has 3 heterocycles. The third-order valence-corrected chi connectivity index (χ3v) is 17.8. The second kappa shape index (κ2) is 88.9. The van der Waals surface area contributed by atoms with Crippen molar-refractivity contribution in [2.45, 2.75) is 164 Å². The number of ketones is 2. The van der Waals surface area contributed by atoms with Gasteiger partial charge in [-0.2, -0.15) is 0 Å². The summed E-state index contributed by atoms with van der Waals surface area (Å²) in [6, 6.07) is 0. The zero-order valence-corrected chi connectivity index (χ0v) is 78.9. The fraction of sp³-hybridized carbons (Fsp3) is 0.872. The molecule has 7 unspecified atom stereocenters. The van der Waals surface area contributed by atoms with E-state index in [0.29, 0.717) is 211 Å². The SMILES string of the molecule is CC.CC.CC.COCCOCC(COCCCCC(=O)CCN1C(=O)CC(C)C1=O)OCCOC.COCCOCC(COCCOCC(COCCCNC(=O)CCN1C(=O)CC(C)C1=O)OCCOCC(COCCOC)OCCOC)OCCOC.COCCOCCN(CC(=O)NCCCC(=O)CCN1C(=O)CC(C)C1=O)C(=O)COCCOC. The Morgan fingerprint density at radius 3 is 0.952 bits per heavy atom. The first-order chi connectivity index (χ1) is 60.6. The number of hydrogen-bond donors (Lipinski definition) is 2. The molecule has 0 spiro atoms. The molecule has 2 N–H and O–H groups in total. The van der Waals surface area contributed by atoms with Crippen LogP contribution in [0.5, 0.6) is 0 Å². The van der Waals surface area contributed by atoms with Crippen molar-refractivity contribution in [3.05, 3.63) is 0 Å². The molecule has 0 saturated carbocycles. The van der Waals surface area contributed by atoms with Crippen LogP contribution in [0, 0.1) is 17.8 Å². The Labute approximate surface area is 744 Å². The van der Waals surface area contributed by atoms with Crippen LogP contribution in [0.25, 0.3) is 0 Å². The van der Waals surface area contributed by atoms with E-state index < -0.39 is 0 Å². The number of carbonyl (C=O) groups is 11. The van der Waals surface area contributed by atoms with Crippen LogP contribution >= 0.6 is 0 Å². The van der Waals surface area contributed by atoms with Gasteiger partial charge in [-0.15, -0.1) is 0 Å². The summed E-state index contributed by atoms with van der Waals surface area (Å²) in [6.45, 7) is 30.3. The highest BCUT2D eigenvalue weighted by molar-refractivity contribution is 6.05. The van der Waals surface area contributed by atoms with Crippen LogP contribution in [-0.2, 0) is 157 Å². The maximum absolute atomic E-state index is 12.4. The predicted octanol–water partition coefficient (Wildman–Crippen LogP) is 3.81. The maximum atomic E-state index is 12.4. The van der Waals surface area contributed by atoms with Crippen LogP contribution in [0.4, 0.5) is 0 Å². The van der Waals surface area contributed by atoms with Crippen LogP contribution in [0.15, 0.2) is 0 Å². The molecule has 3 saturated heterocycles. The normalized spacial score (nSPS) is 15.8. The molecule has 125 heavy (non-hydrogen) atoms. The molecule has 39 heteroatoms. The lowest BCUT2D eigenvalue weighted by atomic mass is 10.1. The lowest BCUT2D eigenvalue weighted by Crippen LogP contribution is -2.44. The van der Waals surface area contributed by atoms with E-state index in [-0.39, 0.29) is 224 Å². The van der Waals surface area contributed by atoms with E-state index in [1.807, 2.05) is 41.5 Å². The van der Waals surface area contributed by atoms with E-state index in [0.717, 1.165) is 16.2 Å². The summed E-state index contributed by atoms with van der Waals surface area (Å²) in [6.07, 6.45) is 3.01. The van der Waals surface area contributed by atoms with E-state index >= 15 is 0 Å². The summed E-state index contributed by atoms with van der Waals surface area (Å²) in [7, 11) is 12.8. The van der Waals surface area contributed by atoms with E-state index in [4.69, 9.17) is 104 Å². The molecule has 734 valence electrons. The molecular formula is C86H162N6O33. The van der Waals surface area contributed by atoms with Crippen molar-refractivity contribution >= 4 is 64.7 Å². The number of nitrogens with one attached hydrogen (secondary N) is 2. The second-order valence-electron chi connectivity index (χ2n) is 27.9. The molecule has 39 nitrogen and oxygen atoms in total. The van der Waals surface area contributed by atoms with E-state index in [1.54, 1.807) is 70.5 Å². The summed E-state index contributed by atoms with van der Waals surface area (Å²) >= 11 is 0. The Hall–Kier alpha value is -5.71. The highest BCUT2D eigenvalue weighted by Gasteiger charge is 2.38. The number of methoxy groups -OCH3 is 8. The molecule has 0 aromatic heterocycles. The molecule has 7 atom stereocenters. The average molecular weight is 1810 g/mol. The Kier molecular flexibility index (Phi) is 87.8. The van der Waals surface area contributed by atoms with Gasteiger partial charge in [-0.3, -0.25) is 67.4 Å². The van der Waals surface area contributed by atoms with Crippen LogP contribution in [-0.4, -0.2) is 423 Å². The average Bonchev–Trinajstić information content (AvgIpc) is 1.72. The first-order valence-electron chi connectivity index (χ1n) is 44.2. The van der Waals surface area contributed by atoms with Crippen molar-refractivity contribution in [1.29, 1.82) is 0 Å². The monoisotopic (exact) mass is 1810 g/mol. The molecule has 0 aliphatic carbocycles. The Balaban J connectivity index is -0.00000182. The minimum absolute atomic E-state index is 0.0578. The molecule has 3 rings (SSSR count). The van der Waals surface area contributed by atoms with Crippen LogP contribution in [0.3, 0.4) is 0 Å². The van der Waals surface area contributed by atoms with Gasteiger partial charge in [-0.25, -0.2) is 0 Å². The van der Waals surface area contributed by atoms with Gasteiger partial charge in [-0.05, 0) is 25.7 Å². The number of hydrogen-bond acceptors (Lipinski definition) is 33. The fourth-order valence-corrected chi connectivity index (χ4v) is 11.1. The number of Topliss-reactive ketones (excluding diaryl/α,β-unsaturated/α-hetero) is 2. The van der Waals surface area contributed by atoms with Gasteiger partial charge in [0.05, 0.1) is 198 Å². The van der Waals surface area contributed by atoms with Crippen molar-refractivity contribution in [3.63, 3.8) is 0 Å². The zero-order valence-electron chi connectivity index (χ0n) is 78.9. The molecule has 9 amide bonds. The van der Waals surface area contributed by atoms with E-state index in [2.05, 4.69) is 10.6 Å². The molecular weight excluding hydrogens is 1640 g/mol. The van der Waals surface area contributed by atoms with Crippen LogP contribution in [0.1, 0.15) is 139 Å². The standard InChI is InChI=1S/C36H68N2O16.C23H39N3O9.C21H37NO8.3C2H6/c1-30-23-35(40)38(36(30)41)9-7-34(39)37-8-6-10-46-24-31(54-22-19-51-29-33(53-21-14-45-5)26-48-16-12-43-3)27-49-17-18-50-28-32(52-20-13-44-4)25-47-15-11-42-2;1-18-15-21(29)26(23(18)31)8-6-19(27)5-4-7-24-20(28)16-25(9-10-34-13-11-32-2)22(30)17-35-14-12-33-3;1-17-14-20(24)22(21(17)25)8-7-18(23)6-4-5-9-28-15-19(30-13-11-27-3)16-29-12-10-26-2;3*1-2/h30-33H,6-29H2,1-5H3,(H,37,39);18H,4-17H2,1-3H3,(H,24,28);17,19H,4-16H2,1-3H3;3*1-2H3. The Morgan fingerprint density at radius 1 is 0.320 bits per heavy atom. The molecule has 3 aliphatic heterocycles. The molecule has 0 radical (unpaired) electrons. The molecule has 0 aromatic rings. The van der Waals surface area contributed by atoms with Gasteiger partial charge in [0.2, 0.25) is 53.2 Å². The van der Waals surface area contributed by atoms with Crippen molar-refractivity contribution < 1.29 is 157 Å².